The van der Waals surface area contributed by atoms with Gasteiger partial charge in [-0.3, -0.25) is 0 Å². The first-order valence-corrected chi connectivity index (χ1v) is 8.27. The quantitative estimate of drug-likeness (QED) is 0.712. The molecule has 0 saturated carbocycles. The van der Waals surface area contributed by atoms with Crippen LogP contribution in [0, 0.1) is 13.8 Å². The highest BCUT2D eigenvalue weighted by atomic mass is 16.5. The maximum absolute atomic E-state index is 5.61. The van der Waals surface area contributed by atoms with Crippen LogP contribution in [0.4, 0.5) is 5.82 Å². The molecule has 0 aliphatic carbocycles. The molecule has 2 aromatic heterocycles. The number of nitrogens with one attached hydrogen (secondary N) is 1. The number of nitrogens with two attached hydrogens (primary N) is 1. The van der Waals surface area contributed by atoms with Crippen molar-refractivity contribution in [2.24, 2.45) is 5.73 Å². The second-order valence-electron chi connectivity index (χ2n) is 5.97. The molecule has 0 saturated heterocycles. The molecule has 0 bridgehead atoms. The molecule has 3 aromatic rings. The number of hydrogen-bond donors (Lipinski definition) is 2. The number of anilines is 1. The molecule has 130 valence electrons. The number of aryl methyl sites for hydroxylation is 2. The van der Waals surface area contributed by atoms with Crippen LogP contribution >= 0.6 is 0 Å². The van der Waals surface area contributed by atoms with Gasteiger partial charge < -0.3 is 15.6 Å². The van der Waals surface area contributed by atoms with Gasteiger partial charge in [-0.25, -0.2) is 9.97 Å². The summed E-state index contributed by atoms with van der Waals surface area (Å²) in [4.78, 5) is 13.3. The van der Waals surface area contributed by atoms with Gasteiger partial charge in [0.15, 0.2) is 0 Å². The van der Waals surface area contributed by atoms with Gasteiger partial charge in [0.2, 0.25) is 11.7 Å². The Labute approximate surface area is 146 Å². The zero-order valence-electron chi connectivity index (χ0n) is 14.7. The number of benzene rings is 1. The van der Waals surface area contributed by atoms with E-state index < -0.39 is 0 Å². The summed E-state index contributed by atoms with van der Waals surface area (Å²) in [5, 5.41) is 7.39. The minimum absolute atomic E-state index is 0.176. The predicted octanol–water partition coefficient (Wildman–Crippen LogP) is 2.82. The van der Waals surface area contributed by atoms with Crippen LogP contribution in [0.2, 0.25) is 0 Å². The van der Waals surface area contributed by atoms with Crippen LogP contribution < -0.4 is 11.1 Å². The molecule has 3 N–H and O–H groups in total. The standard InChI is InChI=1S/C18H22N6O/c1-11-6-4-5-7-15(11)17-23-18(25-24-17)12(2)20-16-10-14(8-9-19)21-13(3)22-16/h4-7,10,12H,8-9,19H2,1-3H3,(H,20,21,22)/t12-/m0/s1. The van der Waals surface area contributed by atoms with Crippen LogP contribution in [-0.4, -0.2) is 26.7 Å². The summed E-state index contributed by atoms with van der Waals surface area (Å²) in [6, 6.07) is 9.67. The third-order valence-electron chi connectivity index (χ3n) is 3.85. The second-order valence-corrected chi connectivity index (χ2v) is 5.97. The molecular weight excluding hydrogens is 316 g/mol. The van der Waals surface area contributed by atoms with E-state index in [0.717, 1.165) is 22.6 Å². The topological polar surface area (TPSA) is 103 Å². The van der Waals surface area contributed by atoms with Gasteiger partial charge in [0.05, 0.1) is 0 Å². The van der Waals surface area contributed by atoms with Crippen molar-refractivity contribution in [1.82, 2.24) is 20.1 Å². The van der Waals surface area contributed by atoms with Gasteiger partial charge >= 0.3 is 0 Å². The highest BCUT2D eigenvalue weighted by Gasteiger charge is 2.17. The maximum Gasteiger partial charge on any atom is 0.249 e. The monoisotopic (exact) mass is 338 g/mol. The Bertz CT molecular complexity index is 860. The number of rotatable bonds is 6. The smallest absolute Gasteiger partial charge is 0.249 e. The fraction of sp³-hybridized carbons (Fsp3) is 0.333. The summed E-state index contributed by atoms with van der Waals surface area (Å²) in [6.07, 6.45) is 0.713. The number of hydrogen-bond acceptors (Lipinski definition) is 7. The minimum atomic E-state index is -0.176. The Morgan fingerprint density at radius 1 is 1.16 bits per heavy atom. The summed E-state index contributed by atoms with van der Waals surface area (Å²) in [6.45, 7) is 6.39. The van der Waals surface area contributed by atoms with Gasteiger partial charge in [0.1, 0.15) is 17.7 Å². The van der Waals surface area contributed by atoms with Gasteiger partial charge in [0.25, 0.3) is 0 Å². The molecule has 0 fully saturated rings. The van der Waals surface area contributed by atoms with Crippen molar-refractivity contribution in [3.8, 4) is 11.4 Å². The van der Waals surface area contributed by atoms with Gasteiger partial charge in [-0.05, 0) is 32.9 Å². The van der Waals surface area contributed by atoms with E-state index in [9.17, 15) is 0 Å². The van der Waals surface area contributed by atoms with Gasteiger partial charge in [-0.1, -0.05) is 29.4 Å². The number of nitrogens with zero attached hydrogens (tertiary/aromatic N) is 4. The molecule has 1 atom stereocenters. The molecule has 7 nitrogen and oxygen atoms in total. The van der Waals surface area contributed by atoms with E-state index in [-0.39, 0.29) is 6.04 Å². The molecule has 7 heteroatoms. The molecule has 0 spiro atoms. The normalized spacial score (nSPS) is 12.2. The molecule has 0 aliphatic heterocycles. The van der Waals surface area contributed by atoms with Crippen molar-refractivity contribution in [3.05, 3.63) is 53.3 Å². The minimum Gasteiger partial charge on any atom is -0.358 e. The van der Waals surface area contributed by atoms with Gasteiger partial charge in [-0.15, -0.1) is 0 Å². The van der Waals surface area contributed by atoms with E-state index in [0.29, 0.717) is 30.5 Å². The zero-order valence-corrected chi connectivity index (χ0v) is 14.7. The first kappa shape index (κ1) is 17.0. The first-order valence-electron chi connectivity index (χ1n) is 8.27. The van der Waals surface area contributed by atoms with Crippen LogP contribution in [0.25, 0.3) is 11.4 Å². The molecule has 0 aliphatic rings. The van der Waals surface area contributed by atoms with Gasteiger partial charge in [0, 0.05) is 23.7 Å². The summed E-state index contributed by atoms with van der Waals surface area (Å²) < 4.78 is 5.43. The SMILES string of the molecule is Cc1nc(CCN)cc(N[C@@H](C)c2nc(-c3ccccc3C)no2)n1. The highest BCUT2D eigenvalue weighted by Crippen LogP contribution is 2.23. The van der Waals surface area contributed by atoms with Crippen molar-refractivity contribution in [2.75, 3.05) is 11.9 Å². The molecule has 2 heterocycles. The summed E-state index contributed by atoms with van der Waals surface area (Å²) >= 11 is 0. The Morgan fingerprint density at radius 3 is 2.72 bits per heavy atom. The number of aromatic nitrogens is 4. The molecule has 0 radical (unpaired) electrons. The van der Waals surface area contributed by atoms with Crippen LogP contribution in [-0.2, 0) is 6.42 Å². The lowest BCUT2D eigenvalue weighted by molar-refractivity contribution is 0.367. The zero-order chi connectivity index (χ0) is 17.8. The summed E-state index contributed by atoms with van der Waals surface area (Å²) in [5.74, 6) is 2.52. The Kier molecular flexibility index (Phi) is 5.04. The van der Waals surface area contributed by atoms with E-state index in [1.807, 2.05) is 51.1 Å². The van der Waals surface area contributed by atoms with Crippen LogP contribution in [0.3, 0.4) is 0 Å². The third kappa shape index (κ3) is 4.00. The summed E-state index contributed by atoms with van der Waals surface area (Å²) in [7, 11) is 0. The Morgan fingerprint density at radius 2 is 1.96 bits per heavy atom. The maximum atomic E-state index is 5.61. The van der Waals surface area contributed by atoms with E-state index in [1.54, 1.807) is 0 Å². The fourth-order valence-electron chi connectivity index (χ4n) is 2.61. The lowest BCUT2D eigenvalue weighted by atomic mass is 10.1. The van der Waals surface area contributed by atoms with E-state index in [4.69, 9.17) is 10.3 Å². The van der Waals surface area contributed by atoms with Crippen molar-refractivity contribution < 1.29 is 4.52 Å². The third-order valence-corrected chi connectivity index (χ3v) is 3.85. The average molecular weight is 338 g/mol. The van der Waals surface area contributed by atoms with Crippen LogP contribution in [0.1, 0.15) is 35.9 Å². The van der Waals surface area contributed by atoms with Crippen LogP contribution in [0.15, 0.2) is 34.9 Å². The fourth-order valence-corrected chi connectivity index (χ4v) is 2.61. The molecule has 0 amide bonds. The predicted molar refractivity (Wildman–Crippen MR) is 96.0 cm³/mol. The average Bonchev–Trinajstić information content (AvgIpc) is 3.05. The molecular formula is C18H22N6O. The van der Waals surface area contributed by atoms with E-state index in [2.05, 4.69) is 25.4 Å². The van der Waals surface area contributed by atoms with Gasteiger partial charge in [-0.2, -0.15) is 4.98 Å². The Balaban J connectivity index is 1.78. The van der Waals surface area contributed by atoms with Crippen LogP contribution in [0.5, 0.6) is 0 Å². The second kappa shape index (κ2) is 7.40. The van der Waals surface area contributed by atoms with Crippen molar-refractivity contribution >= 4 is 5.82 Å². The molecule has 3 rings (SSSR count). The lowest BCUT2D eigenvalue weighted by Crippen LogP contribution is -2.11. The molecule has 1 aromatic carbocycles. The Hall–Kier alpha value is -2.80. The molecule has 25 heavy (non-hydrogen) atoms. The van der Waals surface area contributed by atoms with Crippen molar-refractivity contribution in [2.45, 2.75) is 33.2 Å². The van der Waals surface area contributed by atoms with Crippen molar-refractivity contribution in [3.63, 3.8) is 0 Å². The molecule has 0 unspecified atom stereocenters. The summed E-state index contributed by atoms with van der Waals surface area (Å²) in [5.41, 5.74) is 8.59. The van der Waals surface area contributed by atoms with Crippen molar-refractivity contribution in [1.29, 1.82) is 0 Å². The largest absolute Gasteiger partial charge is 0.358 e. The first-order chi connectivity index (χ1) is 12.1. The highest BCUT2D eigenvalue weighted by molar-refractivity contribution is 5.59. The van der Waals surface area contributed by atoms with E-state index in [1.165, 1.54) is 0 Å². The van der Waals surface area contributed by atoms with E-state index >= 15 is 0 Å². The lowest BCUT2D eigenvalue weighted by Gasteiger charge is -2.12.